The Morgan fingerprint density at radius 1 is 1.09 bits per heavy atom. The summed E-state index contributed by atoms with van der Waals surface area (Å²) in [5.74, 6) is 0.507. The van der Waals surface area contributed by atoms with Crippen molar-refractivity contribution in [3.63, 3.8) is 0 Å². The Kier molecular flexibility index (Phi) is 6.06. The molecule has 22 heavy (non-hydrogen) atoms. The van der Waals surface area contributed by atoms with Gasteiger partial charge in [0.1, 0.15) is 5.82 Å². The molecule has 5 heteroatoms. The maximum atomic E-state index is 13.1. The van der Waals surface area contributed by atoms with Gasteiger partial charge >= 0.3 is 0 Å². The third-order valence-electron chi connectivity index (χ3n) is 4.99. The number of aliphatic imine (C=N–C) groups is 1. The Bertz CT molecular complexity index is 505. The summed E-state index contributed by atoms with van der Waals surface area (Å²) in [6, 6.07) is 6.91. The molecule has 0 atom stereocenters. The van der Waals surface area contributed by atoms with Gasteiger partial charge in [0.15, 0.2) is 5.96 Å². The summed E-state index contributed by atoms with van der Waals surface area (Å²) in [5.41, 5.74) is 7.43. The number of likely N-dealkylation sites (tertiary alicyclic amines) is 1. The molecule has 3 rings (SSSR count). The van der Waals surface area contributed by atoms with Crippen LogP contribution in [-0.2, 0) is 5.41 Å². The number of guanidine groups is 1. The van der Waals surface area contributed by atoms with Crippen LogP contribution in [0.5, 0.6) is 0 Å². The van der Waals surface area contributed by atoms with E-state index in [-0.39, 0.29) is 35.2 Å². The molecule has 1 heterocycles. The Morgan fingerprint density at radius 2 is 1.73 bits per heavy atom. The van der Waals surface area contributed by atoms with Gasteiger partial charge in [0.05, 0.1) is 6.54 Å². The highest BCUT2D eigenvalue weighted by Gasteiger charge is 2.38. The fraction of sp³-hybridized carbons (Fsp3) is 0.588. The van der Waals surface area contributed by atoms with E-state index in [0.29, 0.717) is 5.96 Å². The number of hydrogen-bond acceptors (Lipinski definition) is 1. The second-order valence-corrected chi connectivity index (χ2v) is 6.36. The Hall–Kier alpha value is -0.850. The number of rotatable bonds is 3. The van der Waals surface area contributed by atoms with Gasteiger partial charge in [-0.1, -0.05) is 18.6 Å². The average molecular weight is 417 g/mol. The predicted octanol–water partition coefficient (Wildman–Crippen LogP) is 3.67. The monoisotopic (exact) mass is 417 g/mol. The number of piperidine rings is 1. The molecule has 0 unspecified atom stereocenters. The summed E-state index contributed by atoms with van der Waals surface area (Å²) in [7, 11) is 0. The van der Waals surface area contributed by atoms with Gasteiger partial charge < -0.3 is 10.6 Å². The minimum absolute atomic E-state index is 0. The molecule has 0 aromatic heterocycles. The third-order valence-corrected chi connectivity index (χ3v) is 4.99. The van der Waals surface area contributed by atoms with Gasteiger partial charge in [-0.3, -0.25) is 4.99 Å². The second-order valence-electron chi connectivity index (χ2n) is 6.36. The first-order valence-corrected chi connectivity index (χ1v) is 8.01. The minimum atomic E-state index is -0.176. The van der Waals surface area contributed by atoms with Crippen molar-refractivity contribution in [1.82, 2.24) is 4.90 Å². The number of halogens is 2. The van der Waals surface area contributed by atoms with Crippen molar-refractivity contribution in [1.29, 1.82) is 0 Å². The van der Waals surface area contributed by atoms with E-state index < -0.39 is 0 Å². The van der Waals surface area contributed by atoms with Crippen LogP contribution in [-0.4, -0.2) is 30.5 Å². The van der Waals surface area contributed by atoms with Crippen LogP contribution in [0.2, 0.25) is 0 Å². The third kappa shape index (κ3) is 3.73. The minimum Gasteiger partial charge on any atom is -0.370 e. The van der Waals surface area contributed by atoms with Crippen LogP contribution in [0.15, 0.2) is 29.3 Å². The zero-order chi connectivity index (χ0) is 14.7. The van der Waals surface area contributed by atoms with Gasteiger partial charge in [-0.05, 0) is 49.8 Å². The van der Waals surface area contributed by atoms with Crippen molar-refractivity contribution in [2.75, 3.05) is 19.6 Å². The van der Waals surface area contributed by atoms with E-state index >= 15 is 0 Å². The van der Waals surface area contributed by atoms with Crippen LogP contribution in [0.1, 0.15) is 44.1 Å². The molecule has 0 bridgehead atoms. The first-order chi connectivity index (χ1) is 10.2. The molecule has 1 aliphatic carbocycles. The molecule has 1 aliphatic heterocycles. The summed E-state index contributed by atoms with van der Waals surface area (Å²) >= 11 is 0. The number of hydrogen-bond donors (Lipinski definition) is 1. The Balaban J connectivity index is 0.00000176. The summed E-state index contributed by atoms with van der Waals surface area (Å²) < 4.78 is 13.1. The van der Waals surface area contributed by atoms with Gasteiger partial charge in [0, 0.05) is 18.5 Å². The van der Waals surface area contributed by atoms with Gasteiger partial charge in [-0.15, -0.1) is 24.0 Å². The lowest BCUT2D eigenvalue weighted by atomic mass is 9.64. The zero-order valence-corrected chi connectivity index (χ0v) is 15.3. The van der Waals surface area contributed by atoms with Crippen molar-refractivity contribution in [3.8, 4) is 0 Å². The molecule has 2 N–H and O–H groups in total. The lowest BCUT2D eigenvalue weighted by molar-refractivity contribution is 0.251. The molecule has 1 saturated heterocycles. The number of nitrogens with zero attached hydrogens (tertiary/aromatic N) is 2. The topological polar surface area (TPSA) is 41.6 Å². The lowest BCUT2D eigenvalue weighted by Gasteiger charge is -2.41. The Morgan fingerprint density at radius 3 is 2.27 bits per heavy atom. The quantitative estimate of drug-likeness (QED) is 0.463. The highest BCUT2D eigenvalue weighted by molar-refractivity contribution is 14.0. The smallest absolute Gasteiger partial charge is 0.191 e. The van der Waals surface area contributed by atoms with Crippen LogP contribution in [0.4, 0.5) is 4.39 Å². The van der Waals surface area contributed by atoms with Crippen LogP contribution >= 0.6 is 24.0 Å². The molecular weight excluding hydrogens is 392 g/mol. The Labute approximate surface area is 149 Å². The zero-order valence-electron chi connectivity index (χ0n) is 12.9. The summed E-state index contributed by atoms with van der Waals surface area (Å²) in [6.45, 7) is 2.78. The van der Waals surface area contributed by atoms with Crippen molar-refractivity contribution in [3.05, 3.63) is 35.6 Å². The van der Waals surface area contributed by atoms with Gasteiger partial charge in [0.25, 0.3) is 0 Å². The lowest BCUT2D eigenvalue weighted by Crippen LogP contribution is -2.43. The standard InChI is InChI=1S/C17H24FN3.HI/c18-15-7-5-14(6-8-15)17(9-4-10-17)13-20-16(19)21-11-2-1-3-12-21;/h5-8H,1-4,9-13H2,(H2,19,20);1H. The summed E-state index contributed by atoms with van der Waals surface area (Å²) in [6.07, 6.45) is 7.17. The maximum Gasteiger partial charge on any atom is 0.191 e. The van der Waals surface area contributed by atoms with E-state index in [4.69, 9.17) is 5.73 Å². The van der Waals surface area contributed by atoms with E-state index in [1.807, 2.05) is 12.1 Å². The van der Waals surface area contributed by atoms with Crippen LogP contribution in [0, 0.1) is 5.82 Å². The first kappa shape index (κ1) is 17.5. The molecule has 2 fully saturated rings. The highest BCUT2D eigenvalue weighted by atomic mass is 127. The first-order valence-electron chi connectivity index (χ1n) is 8.01. The molecule has 1 aromatic rings. The normalized spacial score (nSPS) is 21.0. The maximum absolute atomic E-state index is 13.1. The SMILES string of the molecule is I.NC(=NCC1(c2ccc(F)cc2)CCC1)N1CCCCC1. The number of benzene rings is 1. The number of nitrogens with two attached hydrogens (primary N) is 1. The van der Waals surface area contributed by atoms with Crippen LogP contribution in [0.3, 0.4) is 0 Å². The molecule has 1 saturated carbocycles. The van der Waals surface area contributed by atoms with E-state index in [2.05, 4.69) is 9.89 Å². The predicted molar refractivity (Wildman–Crippen MR) is 99.3 cm³/mol. The fourth-order valence-electron chi connectivity index (χ4n) is 3.40. The second kappa shape index (κ2) is 7.62. The molecule has 122 valence electrons. The van der Waals surface area contributed by atoms with Crippen molar-refractivity contribution < 1.29 is 4.39 Å². The average Bonchev–Trinajstić information content (AvgIpc) is 2.48. The molecule has 0 radical (unpaired) electrons. The molecule has 1 aromatic carbocycles. The highest BCUT2D eigenvalue weighted by Crippen LogP contribution is 2.44. The van der Waals surface area contributed by atoms with Crippen LogP contribution < -0.4 is 5.73 Å². The van der Waals surface area contributed by atoms with E-state index in [9.17, 15) is 4.39 Å². The van der Waals surface area contributed by atoms with E-state index in [1.165, 1.54) is 31.2 Å². The largest absolute Gasteiger partial charge is 0.370 e. The van der Waals surface area contributed by atoms with Gasteiger partial charge in [-0.2, -0.15) is 0 Å². The molecule has 0 spiro atoms. The van der Waals surface area contributed by atoms with E-state index in [1.54, 1.807) is 12.1 Å². The van der Waals surface area contributed by atoms with Crippen molar-refractivity contribution >= 4 is 29.9 Å². The van der Waals surface area contributed by atoms with Crippen molar-refractivity contribution in [2.24, 2.45) is 10.7 Å². The molecule has 3 nitrogen and oxygen atoms in total. The fourth-order valence-corrected chi connectivity index (χ4v) is 3.40. The van der Waals surface area contributed by atoms with Crippen molar-refractivity contribution in [2.45, 2.75) is 43.9 Å². The van der Waals surface area contributed by atoms with Gasteiger partial charge in [0.2, 0.25) is 0 Å². The summed E-state index contributed by atoms with van der Waals surface area (Å²) in [5, 5.41) is 0. The van der Waals surface area contributed by atoms with Gasteiger partial charge in [-0.25, -0.2) is 4.39 Å². The molecule has 0 amide bonds. The van der Waals surface area contributed by atoms with Crippen LogP contribution in [0.25, 0.3) is 0 Å². The molecule has 2 aliphatic rings. The van der Waals surface area contributed by atoms with E-state index in [0.717, 1.165) is 32.5 Å². The molecular formula is C17H25FIN3. The summed E-state index contributed by atoms with van der Waals surface area (Å²) in [4.78, 5) is 6.86.